The van der Waals surface area contributed by atoms with Crippen LogP contribution in [0.1, 0.15) is 16.7 Å². The number of halogens is 3. The van der Waals surface area contributed by atoms with Crippen molar-refractivity contribution in [1.29, 1.82) is 5.26 Å². The van der Waals surface area contributed by atoms with Crippen LogP contribution in [0.4, 0.5) is 5.88 Å². The summed E-state index contributed by atoms with van der Waals surface area (Å²) in [5.74, 6) is 2.28. The highest BCUT2D eigenvalue weighted by Crippen LogP contribution is 2.43. The van der Waals surface area contributed by atoms with Crippen LogP contribution in [-0.4, -0.2) is 6.21 Å². The van der Waals surface area contributed by atoms with Crippen LogP contribution in [0.5, 0.6) is 5.75 Å². The van der Waals surface area contributed by atoms with E-state index >= 15 is 0 Å². The summed E-state index contributed by atoms with van der Waals surface area (Å²) in [7, 11) is 0. The first kappa shape index (κ1) is 24.7. The molecule has 0 unspecified atom stereocenters. The molecule has 0 saturated carbocycles. The van der Waals surface area contributed by atoms with Crippen molar-refractivity contribution in [2.75, 3.05) is 0 Å². The molecule has 3 heterocycles. The maximum absolute atomic E-state index is 9.92. The summed E-state index contributed by atoms with van der Waals surface area (Å²) in [4.78, 5) is 4.50. The van der Waals surface area contributed by atoms with Crippen molar-refractivity contribution in [1.82, 2.24) is 0 Å². The fourth-order valence-corrected chi connectivity index (χ4v) is 5.86. The van der Waals surface area contributed by atoms with Gasteiger partial charge in [0.05, 0.1) is 25.2 Å². The van der Waals surface area contributed by atoms with Crippen LogP contribution < -0.4 is 4.74 Å². The molecule has 2 aromatic carbocycles. The van der Waals surface area contributed by atoms with Gasteiger partial charge in [-0.25, -0.2) is 4.99 Å². The number of rotatable bonds is 7. The van der Waals surface area contributed by atoms with Gasteiger partial charge in [0.15, 0.2) is 11.5 Å². The highest BCUT2D eigenvalue weighted by atomic mass is 127. The minimum absolute atomic E-state index is 0.166. The Morgan fingerprint density at radius 1 is 0.972 bits per heavy atom. The van der Waals surface area contributed by atoms with Crippen molar-refractivity contribution in [3.63, 3.8) is 0 Å². The molecule has 5 rings (SSSR count). The molecule has 0 radical (unpaired) electrons. The number of hydrogen-bond donors (Lipinski definition) is 0. The lowest BCUT2D eigenvalue weighted by Crippen LogP contribution is -2.00. The van der Waals surface area contributed by atoms with E-state index in [1.807, 2.05) is 36.4 Å². The number of furan rings is 3. The van der Waals surface area contributed by atoms with Gasteiger partial charge >= 0.3 is 0 Å². The molecule has 0 aliphatic rings. The van der Waals surface area contributed by atoms with E-state index in [4.69, 9.17) is 29.6 Å². The Balaban J connectivity index is 1.45. The van der Waals surface area contributed by atoms with E-state index in [0.29, 0.717) is 34.5 Å². The third-order valence-corrected chi connectivity index (χ3v) is 7.17. The van der Waals surface area contributed by atoms with Gasteiger partial charge < -0.3 is 18.0 Å². The number of hydrogen-bond acceptors (Lipinski definition) is 6. The quantitative estimate of drug-likeness (QED) is 0.124. The zero-order valence-corrected chi connectivity index (χ0v) is 23.4. The minimum atomic E-state index is 0.166. The SMILES string of the molecule is N#Cc1c(N=Cc2cc(I)c(OCc3ccccc3Cl)c(I)c2)oc(-c2ccco2)c1-c1ccco1. The van der Waals surface area contributed by atoms with Gasteiger partial charge in [0.25, 0.3) is 0 Å². The Morgan fingerprint density at radius 3 is 2.31 bits per heavy atom. The van der Waals surface area contributed by atoms with Gasteiger partial charge in [-0.05, 0) is 93.2 Å². The Bertz CT molecular complexity index is 1560. The van der Waals surface area contributed by atoms with E-state index in [2.05, 4.69) is 56.2 Å². The Labute approximate surface area is 238 Å². The topological polar surface area (TPSA) is 84.8 Å². The van der Waals surface area contributed by atoms with Gasteiger partial charge in [0, 0.05) is 16.8 Å². The first-order valence-electron chi connectivity index (χ1n) is 10.6. The second kappa shape index (κ2) is 10.9. The zero-order chi connectivity index (χ0) is 25.1. The van der Waals surface area contributed by atoms with E-state index < -0.39 is 0 Å². The average Bonchev–Trinajstić information content (AvgIpc) is 3.63. The van der Waals surface area contributed by atoms with Gasteiger partial charge in [-0.3, -0.25) is 0 Å². The van der Waals surface area contributed by atoms with Crippen molar-refractivity contribution < 1.29 is 18.0 Å². The van der Waals surface area contributed by atoms with Crippen molar-refractivity contribution in [2.24, 2.45) is 4.99 Å². The Hall–Kier alpha value is -3.01. The second-order valence-electron chi connectivity index (χ2n) is 7.50. The molecular formula is C27H15ClI2N2O4. The molecule has 6 nitrogen and oxygen atoms in total. The summed E-state index contributed by atoms with van der Waals surface area (Å²) in [6.07, 6.45) is 4.73. The summed E-state index contributed by atoms with van der Waals surface area (Å²) in [6, 6.07) is 20.7. The molecular weight excluding hydrogens is 706 g/mol. The number of aliphatic imine (C=N–C) groups is 1. The van der Waals surface area contributed by atoms with Crippen LogP contribution in [0, 0.1) is 18.5 Å². The van der Waals surface area contributed by atoms with Crippen LogP contribution in [-0.2, 0) is 6.61 Å². The standard InChI is InChI=1S/C27H15ClI2N2O4/c28-19-6-2-1-5-17(19)15-35-25-20(29)11-16(12-21(25)30)14-32-27-18(13-31)24(22-7-3-9-33-22)26(36-27)23-8-4-10-34-23/h1-12,14H,15H2. The van der Waals surface area contributed by atoms with E-state index in [-0.39, 0.29) is 11.4 Å². The first-order valence-corrected chi connectivity index (χ1v) is 13.1. The highest BCUT2D eigenvalue weighted by Gasteiger charge is 2.26. The lowest BCUT2D eigenvalue weighted by Gasteiger charge is -2.12. The second-order valence-corrected chi connectivity index (χ2v) is 10.2. The van der Waals surface area contributed by atoms with Gasteiger partial charge in [-0.2, -0.15) is 5.26 Å². The molecule has 0 atom stereocenters. The lowest BCUT2D eigenvalue weighted by molar-refractivity contribution is 0.302. The monoisotopic (exact) mass is 720 g/mol. The Kier molecular flexibility index (Phi) is 7.50. The van der Waals surface area contributed by atoms with Crippen molar-refractivity contribution >= 4 is 68.9 Å². The van der Waals surface area contributed by atoms with Crippen molar-refractivity contribution in [2.45, 2.75) is 6.61 Å². The normalized spacial score (nSPS) is 11.2. The van der Waals surface area contributed by atoms with Crippen LogP contribution in [0.15, 0.2) is 91.4 Å². The summed E-state index contributed by atoms with van der Waals surface area (Å²) in [6.45, 7) is 0.363. The molecule has 0 saturated heterocycles. The largest absolute Gasteiger partial charge is 0.487 e. The predicted molar refractivity (Wildman–Crippen MR) is 154 cm³/mol. The molecule has 0 spiro atoms. The number of nitrogens with zero attached hydrogens (tertiary/aromatic N) is 2. The molecule has 178 valence electrons. The highest BCUT2D eigenvalue weighted by molar-refractivity contribution is 14.1. The lowest BCUT2D eigenvalue weighted by atomic mass is 10.1. The summed E-state index contributed by atoms with van der Waals surface area (Å²) >= 11 is 10.7. The minimum Gasteiger partial charge on any atom is -0.487 e. The van der Waals surface area contributed by atoms with Crippen LogP contribution in [0.25, 0.3) is 22.8 Å². The predicted octanol–water partition coefficient (Wildman–Crippen LogP) is 8.86. The fraction of sp³-hybridized carbons (Fsp3) is 0.0370. The summed E-state index contributed by atoms with van der Waals surface area (Å²) in [5.41, 5.74) is 2.50. The van der Waals surface area contributed by atoms with Crippen LogP contribution >= 0.6 is 56.8 Å². The number of benzene rings is 2. The average molecular weight is 721 g/mol. The summed E-state index contributed by atoms with van der Waals surface area (Å²) < 4.78 is 25.0. The van der Waals surface area contributed by atoms with Crippen molar-refractivity contribution in [3.8, 4) is 34.7 Å². The summed E-state index contributed by atoms with van der Waals surface area (Å²) in [5, 5.41) is 10.6. The molecule has 36 heavy (non-hydrogen) atoms. The third-order valence-electron chi connectivity index (χ3n) is 5.20. The molecule has 3 aromatic heterocycles. The first-order chi connectivity index (χ1) is 17.5. The molecule has 0 N–H and O–H groups in total. The third kappa shape index (κ3) is 5.09. The Morgan fingerprint density at radius 2 is 1.67 bits per heavy atom. The maximum atomic E-state index is 9.92. The molecule has 0 amide bonds. The van der Waals surface area contributed by atoms with Gasteiger partial charge in [-0.1, -0.05) is 29.8 Å². The smallest absolute Gasteiger partial charge is 0.238 e. The number of nitriles is 1. The van der Waals surface area contributed by atoms with Crippen LogP contribution in [0.2, 0.25) is 5.02 Å². The zero-order valence-electron chi connectivity index (χ0n) is 18.4. The van der Waals surface area contributed by atoms with Crippen molar-refractivity contribution in [3.05, 3.63) is 102 Å². The fourth-order valence-electron chi connectivity index (χ4n) is 3.54. The van der Waals surface area contributed by atoms with E-state index in [1.54, 1.807) is 30.5 Å². The van der Waals surface area contributed by atoms with E-state index in [1.165, 1.54) is 12.5 Å². The molecule has 0 bridgehead atoms. The maximum Gasteiger partial charge on any atom is 0.238 e. The molecule has 0 fully saturated rings. The molecule has 9 heteroatoms. The van der Waals surface area contributed by atoms with Gasteiger partial charge in [0.2, 0.25) is 5.88 Å². The van der Waals surface area contributed by atoms with E-state index in [9.17, 15) is 5.26 Å². The molecule has 0 aliphatic carbocycles. The number of ether oxygens (including phenoxy) is 1. The molecule has 5 aromatic rings. The van der Waals surface area contributed by atoms with Gasteiger partial charge in [-0.15, -0.1) is 0 Å². The van der Waals surface area contributed by atoms with Crippen LogP contribution in [0.3, 0.4) is 0 Å². The molecule has 0 aliphatic heterocycles. The van der Waals surface area contributed by atoms with E-state index in [0.717, 1.165) is 24.0 Å². The van der Waals surface area contributed by atoms with Gasteiger partial charge in [0.1, 0.15) is 29.7 Å².